The number of rotatable bonds is 3. The van der Waals surface area contributed by atoms with E-state index in [0.29, 0.717) is 5.82 Å². The Morgan fingerprint density at radius 3 is 1.75 bits per heavy atom. The van der Waals surface area contributed by atoms with Crippen LogP contribution in [0.3, 0.4) is 0 Å². The lowest BCUT2D eigenvalue weighted by atomic mass is 9.98. The normalized spacial score (nSPS) is 11.6. The molecule has 44 heavy (non-hydrogen) atoms. The van der Waals surface area contributed by atoms with Crippen molar-refractivity contribution in [2.45, 2.75) is 0 Å². The topological polar surface area (TPSA) is 38.7 Å². The molecule has 0 spiro atoms. The van der Waals surface area contributed by atoms with Crippen molar-refractivity contribution in [3.63, 3.8) is 0 Å². The van der Waals surface area contributed by atoms with E-state index in [4.69, 9.17) is 9.97 Å². The van der Waals surface area contributed by atoms with Gasteiger partial charge in [0.2, 0.25) is 0 Å². The summed E-state index contributed by atoms with van der Waals surface area (Å²) in [6, 6.07) is 51.5. The van der Waals surface area contributed by atoms with Crippen LogP contribution in [-0.2, 0) is 0 Å². The van der Waals surface area contributed by atoms with Crippen molar-refractivity contribution in [2.24, 2.45) is 0 Å². The predicted octanol–water partition coefficient (Wildman–Crippen LogP) is 10.6. The second-order valence-corrected chi connectivity index (χ2v) is 11.3. The molecule has 0 fully saturated rings. The lowest BCUT2D eigenvalue weighted by molar-refractivity contribution is 1.19. The van der Waals surface area contributed by atoms with E-state index in [9.17, 15) is 0 Å². The Bertz CT molecular complexity index is 2530. The molecule has 0 aliphatic carbocycles. The van der Waals surface area contributed by atoms with E-state index in [1.165, 1.54) is 43.1 Å². The van der Waals surface area contributed by atoms with Crippen molar-refractivity contribution in [1.82, 2.24) is 15.0 Å². The summed E-state index contributed by atoms with van der Waals surface area (Å²) < 4.78 is 0. The number of nitrogens with zero attached hydrogens (tertiary/aromatic N) is 3. The molecule has 9 aromatic rings. The molecule has 2 heterocycles. The molecule has 7 aromatic carbocycles. The van der Waals surface area contributed by atoms with Crippen molar-refractivity contribution < 1.29 is 0 Å². The average Bonchev–Trinajstić information content (AvgIpc) is 3.09. The molecular weight excluding hydrogens is 534 g/mol. The molecule has 204 valence electrons. The Balaban J connectivity index is 1.27. The fourth-order valence-electron chi connectivity index (χ4n) is 6.43. The minimum Gasteiger partial charge on any atom is -0.256 e. The molecule has 0 atom stereocenters. The first-order valence-electron chi connectivity index (χ1n) is 14.8. The number of fused-ring (bicyclic) bond motifs is 6. The van der Waals surface area contributed by atoms with Crippen LogP contribution in [-0.4, -0.2) is 15.0 Å². The van der Waals surface area contributed by atoms with Gasteiger partial charge in [-0.3, -0.25) is 4.98 Å². The van der Waals surface area contributed by atoms with Gasteiger partial charge in [-0.15, -0.1) is 0 Å². The predicted molar refractivity (Wildman–Crippen MR) is 184 cm³/mol. The Labute approximate surface area is 254 Å². The SMILES string of the molecule is c1ccc2cc3cc(-c4cc(-c5ccc6c(ccc7ccccc76)c5)nc(-c5ccnc6ccccc56)n4)ccc3cc2c1. The summed E-state index contributed by atoms with van der Waals surface area (Å²) in [6.45, 7) is 0. The first-order chi connectivity index (χ1) is 21.8. The van der Waals surface area contributed by atoms with Gasteiger partial charge >= 0.3 is 0 Å². The molecule has 3 nitrogen and oxygen atoms in total. The van der Waals surface area contributed by atoms with Crippen LogP contribution in [0.2, 0.25) is 0 Å². The Morgan fingerprint density at radius 1 is 0.364 bits per heavy atom. The van der Waals surface area contributed by atoms with Gasteiger partial charge in [-0.05, 0) is 85.6 Å². The molecule has 0 bridgehead atoms. The number of benzene rings is 7. The zero-order valence-electron chi connectivity index (χ0n) is 23.8. The first kappa shape index (κ1) is 24.6. The lowest BCUT2D eigenvalue weighted by Crippen LogP contribution is -1.97. The van der Waals surface area contributed by atoms with Gasteiger partial charge in [0, 0.05) is 28.3 Å². The highest BCUT2D eigenvalue weighted by molar-refractivity contribution is 6.08. The lowest BCUT2D eigenvalue weighted by Gasteiger charge is -2.12. The molecule has 0 saturated heterocycles. The molecule has 3 heteroatoms. The Hall–Kier alpha value is -5.93. The molecule has 0 N–H and O–H groups in total. The molecule has 0 unspecified atom stereocenters. The Morgan fingerprint density at radius 2 is 0.932 bits per heavy atom. The maximum absolute atomic E-state index is 5.18. The van der Waals surface area contributed by atoms with E-state index in [1.807, 2.05) is 30.5 Å². The van der Waals surface area contributed by atoms with Crippen LogP contribution in [0.4, 0.5) is 0 Å². The third-order valence-electron chi connectivity index (χ3n) is 8.66. The summed E-state index contributed by atoms with van der Waals surface area (Å²) in [6.07, 6.45) is 1.84. The maximum Gasteiger partial charge on any atom is 0.161 e. The third kappa shape index (κ3) is 4.10. The summed E-state index contributed by atoms with van der Waals surface area (Å²) in [4.78, 5) is 15.0. The highest BCUT2D eigenvalue weighted by Gasteiger charge is 2.14. The van der Waals surface area contributed by atoms with Crippen LogP contribution in [0.15, 0.2) is 152 Å². The van der Waals surface area contributed by atoms with Gasteiger partial charge in [-0.1, -0.05) is 103 Å². The molecule has 0 radical (unpaired) electrons. The van der Waals surface area contributed by atoms with Gasteiger partial charge in [0.1, 0.15) is 0 Å². The highest BCUT2D eigenvalue weighted by Crippen LogP contribution is 2.34. The number of pyridine rings is 1. The summed E-state index contributed by atoms with van der Waals surface area (Å²) in [5, 5.41) is 10.8. The third-order valence-corrected chi connectivity index (χ3v) is 8.66. The second kappa shape index (κ2) is 9.82. The first-order valence-corrected chi connectivity index (χ1v) is 14.8. The summed E-state index contributed by atoms with van der Waals surface area (Å²) in [5.74, 6) is 0.688. The second-order valence-electron chi connectivity index (χ2n) is 11.3. The fourth-order valence-corrected chi connectivity index (χ4v) is 6.43. The van der Waals surface area contributed by atoms with Crippen LogP contribution in [0.1, 0.15) is 0 Å². The molecule has 0 saturated carbocycles. The summed E-state index contributed by atoms with van der Waals surface area (Å²) in [5.41, 5.74) is 5.79. The van der Waals surface area contributed by atoms with Gasteiger partial charge in [-0.2, -0.15) is 0 Å². The minimum absolute atomic E-state index is 0.688. The van der Waals surface area contributed by atoms with Crippen molar-refractivity contribution in [2.75, 3.05) is 0 Å². The molecule has 2 aromatic heterocycles. The number of hydrogen-bond acceptors (Lipinski definition) is 3. The summed E-state index contributed by atoms with van der Waals surface area (Å²) >= 11 is 0. The van der Waals surface area contributed by atoms with Crippen molar-refractivity contribution in [3.05, 3.63) is 152 Å². The van der Waals surface area contributed by atoms with Crippen molar-refractivity contribution >= 4 is 54.0 Å². The highest BCUT2D eigenvalue weighted by atomic mass is 14.9. The molecule has 0 aliphatic heterocycles. The molecular formula is C41H25N3. The summed E-state index contributed by atoms with van der Waals surface area (Å²) in [7, 11) is 0. The molecule has 0 amide bonds. The van der Waals surface area contributed by atoms with Gasteiger partial charge in [-0.25, -0.2) is 9.97 Å². The smallest absolute Gasteiger partial charge is 0.161 e. The molecule has 0 aliphatic rings. The van der Waals surface area contributed by atoms with Crippen LogP contribution in [0, 0.1) is 0 Å². The monoisotopic (exact) mass is 559 g/mol. The largest absolute Gasteiger partial charge is 0.256 e. The van der Waals surface area contributed by atoms with Gasteiger partial charge in [0.05, 0.1) is 16.9 Å². The minimum atomic E-state index is 0.688. The quantitative estimate of drug-likeness (QED) is 0.160. The van der Waals surface area contributed by atoms with Crippen LogP contribution in [0.5, 0.6) is 0 Å². The zero-order valence-corrected chi connectivity index (χ0v) is 23.8. The number of hydrogen-bond donors (Lipinski definition) is 0. The number of para-hydroxylation sites is 1. The van der Waals surface area contributed by atoms with Crippen LogP contribution < -0.4 is 0 Å². The zero-order chi connectivity index (χ0) is 29.0. The van der Waals surface area contributed by atoms with E-state index in [1.54, 1.807) is 0 Å². The number of aromatic nitrogens is 3. The van der Waals surface area contributed by atoms with E-state index >= 15 is 0 Å². The van der Waals surface area contributed by atoms with Crippen molar-refractivity contribution in [3.8, 4) is 33.9 Å². The van der Waals surface area contributed by atoms with E-state index in [2.05, 4.69) is 126 Å². The van der Waals surface area contributed by atoms with Crippen LogP contribution in [0.25, 0.3) is 87.9 Å². The van der Waals surface area contributed by atoms with E-state index < -0.39 is 0 Å². The standard InChI is InChI=1S/C41H25N3/c1-2-9-28-22-33-24-31(16-14-29(33)21-27(28)8-1)39-25-40(44-41(43-39)37-19-20-42-38-12-6-5-11-36(37)38)32-17-18-35-30(23-32)15-13-26-7-3-4-10-34(26)35/h1-25H. The fraction of sp³-hybridized carbons (Fsp3) is 0. The maximum atomic E-state index is 5.18. The van der Waals surface area contributed by atoms with E-state index in [-0.39, 0.29) is 0 Å². The molecule has 9 rings (SSSR count). The van der Waals surface area contributed by atoms with Gasteiger partial charge < -0.3 is 0 Å². The van der Waals surface area contributed by atoms with Crippen LogP contribution >= 0.6 is 0 Å². The van der Waals surface area contributed by atoms with E-state index in [0.717, 1.165) is 39.0 Å². The van der Waals surface area contributed by atoms with Gasteiger partial charge in [0.25, 0.3) is 0 Å². The van der Waals surface area contributed by atoms with Gasteiger partial charge in [0.15, 0.2) is 5.82 Å². The Kier molecular flexibility index (Phi) is 5.50. The average molecular weight is 560 g/mol. The van der Waals surface area contributed by atoms with Crippen molar-refractivity contribution in [1.29, 1.82) is 0 Å².